The molecule has 0 aromatic heterocycles. The first-order valence-corrected chi connectivity index (χ1v) is 4.88. The van der Waals surface area contributed by atoms with E-state index in [4.69, 9.17) is 23.2 Å². The van der Waals surface area contributed by atoms with Crippen molar-refractivity contribution >= 4 is 45.8 Å². The van der Waals surface area contributed by atoms with E-state index in [1.165, 1.54) is 12.1 Å². The van der Waals surface area contributed by atoms with Crippen LogP contribution < -0.4 is 0 Å². The predicted octanol–water partition coefficient (Wildman–Crippen LogP) is 4.62. The smallest absolute Gasteiger partial charge is 0.166 e. The second kappa shape index (κ2) is 3.82. The molecular weight excluding hydrogens is 339 g/mol. The molecular formula is C7H2Cl2F3I. The van der Waals surface area contributed by atoms with Crippen molar-refractivity contribution in [1.82, 2.24) is 0 Å². The van der Waals surface area contributed by atoms with E-state index in [2.05, 4.69) is 0 Å². The van der Waals surface area contributed by atoms with Crippen LogP contribution in [-0.2, 0) is 6.18 Å². The average molecular weight is 341 g/mol. The van der Waals surface area contributed by atoms with E-state index in [0.29, 0.717) is 3.57 Å². The van der Waals surface area contributed by atoms with E-state index >= 15 is 0 Å². The molecule has 1 aromatic carbocycles. The van der Waals surface area contributed by atoms with Gasteiger partial charge in [-0.3, -0.25) is 0 Å². The zero-order valence-electron chi connectivity index (χ0n) is 5.92. The van der Waals surface area contributed by atoms with Crippen molar-refractivity contribution in [1.29, 1.82) is 0 Å². The van der Waals surface area contributed by atoms with Crippen LogP contribution in [0.1, 0.15) is 5.56 Å². The molecule has 0 aliphatic rings. The molecule has 1 aromatic rings. The zero-order chi connectivity index (χ0) is 10.2. The maximum absolute atomic E-state index is 12.3. The Morgan fingerprint density at radius 3 is 2.08 bits per heavy atom. The van der Waals surface area contributed by atoms with Gasteiger partial charge in [-0.05, 0) is 34.7 Å². The van der Waals surface area contributed by atoms with Crippen LogP contribution >= 0.6 is 45.8 Å². The largest absolute Gasteiger partial charge is 0.419 e. The standard InChI is InChI=1S/C7H2Cl2F3I/c8-3-1-2-4(13)6(9)5(3)7(10,11)12/h1-2H. The monoisotopic (exact) mass is 340 g/mol. The van der Waals surface area contributed by atoms with E-state index in [1.807, 2.05) is 0 Å². The number of benzene rings is 1. The normalized spacial score (nSPS) is 11.8. The van der Waals surface area contributed by atoms with Crippen molar-refractivity contribution in [2.24, 2.45) is 0 Å². The molecule has 0 aliphatic heterocycles. The highest BCUT2D eigenvalue weighted by molar-refractivity contribution is 14.1. The van der Waals surface area contributed by atoms with E-state index in [-0.39, 0.29) is 10.0 Å². The molecule has 0 N–H and O–H groups in total. The summed E-state index contributed by atoms with van der Waals surface area (Å²) in [4.78, 5) is 0. The Morgan fingerprint density at radius 1 is 1.15 bits per heavy atom. The molecule has 0 saturated carbocycles. The molecule has 0 fully saturated rings. The van der Waals surface area contributed by atoms with Crippen molar-refractivity contribution < 1.29 is 13.2 Å². The van der Waals surface area contributed by atoms with Crippen LogP contribution in [0.15, 0.2) is 12.1 Å². The molecule has 0 atom stereocenters. The summed E-state index contributed by atoms with van der Waals surface area (Å²) in [7, 11) is 0. The number of hydrogen-bond donors (Lipinski definition) is 0. The molecule has 0 nitrogen and oxygen atoms in total. The van der Waals surface area contributed by atoms with Crippen LogP contribution in [0.3, 0.4) is 0 Å². The number of alkyl halides is 3. The fraction of sp³-hybridized carbons (Fsp3) is 0.143. The molecule has 1 rings (SSSR count). The Hall–Kier alpha value is 0.320. The van der Waals surface area contributed by atoms with Gasteiger partial charge in [0.15, 0.2) is 0 Å². The fourth-order valence-electron chi connectivity index (χ4n) is 0.787. The summed E-state index contributed by atoms with van der Waals surface area (Å²) in [5.74, 6) is 0. The Balaban J connectivity index is 3.43. The van der Waals surface area contributed by atoms with Gasteiger partial charge in [0.1, 0.15) is 0 Å². The zero-order valence-corrected chi connectivity index (χ0v) is 9.59. The lowest BCUT2D eigenvalue weighted by Gasteiger charge is -2.11. The first kappa shape index (κ1) is 11.4. The van der Waals surface area contributed by atoms with Crippen molar-refractivity contribution in [3.8, 4) is 0 Å². The molecule has 6 heteroatoms. The first-order valence-electron chi connectivity index (χ1n) is 3.04. The highest BCUT2D eigenvalue weighted by Gasteiger charge is 2.36. The van der Waals surface area contributed by atoms with Gasteiger partial charge in [0.05, 0.1) is 15.6 Å². The van der Waals surface area contributed by atoms with Gasteiger partial charge in [-0.15, -0.1) is 0 Å². The molecule has 0 heterocycles. The van der Waals surface area contributed by atoms with Gasteiger partial charge in [-0.1, -0.05) is 23.2 Å². The molecule has 0 saturated heterocycles. The van der Waals surface area contributed by atoms with Gasteiger partial charge >= 0.3 is 6.18 Å². The molecule has 72 valence electrons. The maximum Gasteiger partial charge on any atom is 0.419 e. The minimum Gasteiger partial charge on any atom is -0.166 e. The topological polar surface area (TPSA) is 0 Å². The van der Waals surface area contributed by atoms with Gasteiger partial charge in [0.2, 0.25) is 0 Å². The lowest BCUT2D eigenvalue weighted by molar-refractivity contribution is -0.137. The summed E-state index contributed by atoms with van der Waals surface area (Å²) in [6.45, 7) is 0. The summed E-state index contributed by atoms with van der Waals surface area (Å²) >= 11 is 12.6. The lowest BCUT2D eigenvalue weighted by atomic mass is 10.2. The van der Waals surface area contributed by atoms with Crippen LogP contribution in [0, 0.1) is 3.57 Å². The summed E-state index contributed by atoms with van der Waals surface area (Å²) in [6, 6.07) is 2.61. The Labute approximate surface area is 96.2 Å². The molecule has 0 aliphatic carbocycles. The summed E-state index contributed by atoms with van der Waals surface area (Å²) in [6.07, 6.45) is -4.50. The minimum absolute atomic E-state index is 0.330. The molecule has 0 spiro atoms. The third kappa shape index (κ3) is 2.41. The van der Waals surface area contributed by atoms with Crippen LogP contribution in [0.25, 0.3) is 0 Å². The number of hydrogen-bond acceptors (Lipinski definition) is 0. The summed E-state index contributed by atoms with van der Waals surface area (Å²) in [5, 5.41) is -0.724. The maximum atomic E-state index is 12.3. The molecule has 13 heavy (non-hydrogen) atoms. The quantitative estimate of drug-likeness (QED) is 0.477. The number of rotatable bonds is 0. The molecule has 0 radical (unpaired) electrons. The van der Waals surface area contributed by atoms with Gasteiger partial charge in [-0.25, -0.2) is 0 Å². The third-order valence-electron chi connectivity index (χ3n) is 1.33. The van der Waals surface area contributed by atoms with Crippen molar-refractivity contribution in [3.63, 3.8) is 0 Å². The SMILES string of the molecule is FC(F)(F)c1c(Cl)ccc(I)c1Cl. The lowest BCUT2D eigenvalue weighted by Crippen LogP contribution is -2.07. The Bertz CT molecular complexity index is 335. The fourth-order valence-corrected chi connectivity index (χ4v) is 1.82. The average Bonchev–Trinajstić information content (AvgIpc) is 1.95. The van der Waals surface area contributed by atoms with Crippen molar-refractivity contribution in [3.05, 3.63) is 31.3 Å². The molecule has 0 unspecified atom stereocenters. The van der Waals surface area contributed by atoms with E-state index in [0.717, 1.165) is 0 Å². The van der Waals surface area contributed by atoms with E-state index in [1.54, 1.807) is 22.6 Å². The Morgan fingerprint density at radius 2 is 1.69 bits per heavy atom. The second-order valence-corrected chi connectivity index (χ2v) is 4.16. The van der Waals surface area contributed by atoms with E-state index < -0.39 is 11.7 Å². The van der Waals surface area contributed by atoms with Crippen LogP contribution in [0.4, 0.5) is 13.2 Å². The van der Waals surface area contributed by atoms with Gasteiger partial charge in [-0.2, -0.15) is 13.2 Å². The third-order valence-corrected chi connectivity index (χ3v) is 3.25. The number of halogens is 6. The Kier molecular flexibility index (Phi) is 3.35. The summed E-state index contributed by atoms with van der Waals surface area (Å²) in [5.41, 5.74) is -0.970. The highest BCUT2D eigenvalue weighted by atomic mass is 127. The molecule has 0 amide bonds. The first-order chi connectivity index (χ1) is 5.84. The van der Waals surface area contributed by atoms with Gasteiger partial charge in [0.25, 0.3) is 0 Å². The predicted molar refractivity (Wildman–Crippen MR) is 54.2 cm³/mol. The van der Waals surface area contributed by atoms with Crippen molar-refractivity contribution in [2.75, 3.05) is 0 Å². The van der Waals surface area contributed by atoms with Gasteiger partial charge < -0.3 is 0 Å². The second-order valence-electron chi connectivity index (χ2n) is 2.22. The van der Waals surface area contributed by atoms with Crippen molar-refractivity contribution in [2.45, 2.75) is 6.18 Å². The van der Waals surface area contributed by atoms with Crippen LogP contribution in [0.5, 0.6) is 0 Å². The highest BCUT2D eigenvalue weighted by Crippen LogP contribution is 2.41. The summed E-state index contributed by atoms with van der Waals surface area (Å²) < 4.78 is 37.3. The molecule has 0 bridgehead atoms. The van der Waals surface area contributed by atoms with E-state index in [9.17, 15) is 13.2 Å². The minimum atomic E-state index is -4.50. The van der Waals surface area contributed by atoms with Crippen LogP contribution in [0.2, 0.25) is 10.0 Å². The van der Waals surface area contributed by atoms with Gasteiger partial charge in [0, 0.05) is 3.57 Å². The van der Waals surface area contributed by atoms with Crippen LogP contribution in [-0.4, -0.2) is 0 Å².